The molecule has 1 fully saturated rings. The summed E-state index contributed by atoms with van der Waals surface area (Å²) in [6, 6.07) is 0.640. The molecule has 1 aliphatic heterocycles. The van der Waals surface area contributed by atoms with Gasteiger partial charge in [-0.05, 0) is 25.3 Å². The van der Waals surface area contributed by atoms with Crippen molar-refractivity contribution in [3.63, 3.8) is 0 Å². The summed E-state index contributed by atoms with van der Waals surface area (Å²) in [5, 5.41) is 3.48. The molecule has 3 heteroatoms. The van der Waals surface area contributed by atoms with Gasteiger partial charge in [0.2, 0.25) is 0 Å². The van der Waals surface area contributed by atoms with Gasteiger partial charge >= 0.3 is 0 Å². The molecular weight excluding hydrogens is 174 g/mol. The summed E-state index contributed by atoms with van der Waals surface area (Å²) in [7, 11) is 0. The average Bonchev–Trinajstić information content (AvgIpc) is 2.75. The quantitative estimate of drug-likeness (QED) is 0.769. The number of aromatic nitrogens is 2. The first kappa shape index (κ1) is 9.71. The lowest BCUT2D eigenvalue weighted by atomic mass is 10.1. The Morgan fingerprint density at radius 3 is 3.00 bits per heavy atom. The van der Waals surface area contributed by atoms with Crippen LogP contribution in [0, 0.1) is 0 Å². The lowest BCUT2D eigenvalue weighted by molar-refractivity contribution is 0.587. The molecule has 2 rings (SSSR count). The molecule has 0 radical (unpaired) electrons. The number of nitrogens with zero attached hydrogens (tertiary/aromatic N) is 1. The highest BCUT2D eigenvalue weighted by molar-refractivity contribution is 5.06. The molecular formula is C11H19N3. The third kappa shape index (κ3) is 2.15. The van der Waals surface area contributed by atoms with Crippen LogP contribution in [0.4, 0.5) is 0 Å². The van der Waals surface area contributed by atoms with Crippen LogP contribution in [0.3, 0.4) is 0 Å². The number of rotatable bonds is 3. The minimum atomic E-state index is 0.549. The van der Waals surface area contributed by atoms with Crippen molar-refractivity contribution in [1.82, 2.24) is 15.3 Å². The molecule has 0 spiro atoms. The van der Waals surface area contributed by atoms with E-state index in [1.54, 1.807) is 0 Å². The van der Waals surface area contributed by atoms with E-state index in [4.69, 9.17) is 0 Å². The van der Waals surface area contributed by atoms with Crippen LogP contribution in [0.2, 0.25) is 0 Å². The van der Waals surface area contributed by atoms with Crippen molar-refractivity contribution in [3.8, 4) is 0 Å². The van der Waals surface area contributed by atoms with Gasteiger partial charge in [-0.15, -0.1) is 0 Å². The molecule has 1 atom stereocenters. The predicted octanol–water partition coefficient (Wildman–Crippen LogP) is 1.83. The SMILES string of the molecule is CC(C)c1cnc(CC2CCCN2)[nH]1. The Labute approximate surface area is 85.3 Å². The van der Waals surface area contributed by atoms with Crippen molar-refractivity contribution in [2.75, 3.05) is 6.54 Å². The zero-order valence-electron chi connectivity index (χ0n) is 9.01. The summed E-state index contributed by atoms with van der Waals surface area (Å²) >= 11 is 0. The Balaban J connectivity index is 1.95. The van der Waals surface area contributed by atoms with Gasteiger partial charge in [-0.2, -0.15) is 0 Å². The van der Waals surface area contributed by atoms with Crippen LogP contribution in [0.25, 0.3) is 0 Å². The summed E-state index contributed by atoms with van der Waals surface area (Å²) in [4.78, 5) is 7.79. The maximum atomic E-state index is 4.41. The van der Waals surface area contributed by atoms with Crippen molar-refractivity contribution in [1.29, 1.82) is 0 Å². The molecule has 14 heavy (non-hydrogen) atoms. The number of hydrogen-bond donors (Lipinski definition) is 2. The van der Waals surface area contributed by atoms with Crippen molar-refractivity contribution >= 4 is 0 Å². The molecule has 1 aromatic rings. The monoisotopic (exact) mass is 193 g/mol. The van der Waals surface area contributed by atoms with E-state index in [2.05, 4.69) is 29.1 Å². The minimum absolute atomic E-state index is 0.549. The topological polar surface area (TPSA) is 40.7 Å². The van der Waals surface area contributed by atoms with Gasteiger partial charge in [0.05, 0.1) is 0 Å². The van der Waals surface area contributed by atoms with Gasteiger partial charge in [0, 0.05) is 24.4 Å². The Morgan fingerprint density at radius 2 is 2.43 bits per heavy atom. The van der Waals surface area contributed by atoms with Gasteiger partial charge < -0.3 is 10.3 Å². The van der Waals surface area contributed by atoms with E-state index in [9.17, 15) is 0 Å². The highest BCUT2D eigenvalue weighted by Crippen LogP contribution is 2.14. The van der Waals surface area contributed by atoms with Crippen LogP contribution in [0.5, 0.6) is 0 Å². The number of aromatic amines is 1. The van der Waals surface area contributed by atoms with Crippen LogP contribution in [-0.2, 0) is 6.42 Å². The first-order valence-corrected chi connectivity index (χ1v) is 5.53. The Bertz CT molecular complexity index is 284. The standard InChI is InChI=1S/C11H19N3/c1-8(2)10-7-13-11(14-10)6-9-4-3-5-12-9/h7-9,12H,3-6H2,1-2H3,(H,13,14). The molecule has 0 aliphatic carbocycles. The summed E-state index contributed by atoms with van der Waals surface area (Å²) in [5.41, 5.74) is 1.25. The minimum Gasteiger partial charge on any atom is -0.346 e. The maximum Gasteiger partial charge on any atom is 0.107 e. The van der Waals surface area contributed by atoms with Gasteiger partial charge in [-0.3, -0.25) is 0 Å². The molecule has 1 unspecified atom stereocenters. The lowest BCUT2D eigenvalue weighted by Gasteiger charge is -2.07. The van der Waals surface area contributed by atoms with Gasteiger partial charge in [-0.25, -0.2) is 4.98 Å². The van der Waals surface area contributed by atoms with E-state index in [-0.39, 0.29) is 0 Å². The van der Waals surface area contributed by atoms with Crippen LogP contribution in [0.15, 0.2) is 6.20 Å². The molecule has 78 valence electrons. The normalized spacial score (nSPS) is 22.1. The van der Waals surface area contributed by atoms with Crippen LogP contribution in [-0.4, -0.2) is 22.6 Å². The van der Waals surface area contributed by atoms with Crippen LogP contribution < -0.4 is 5.32 Å². The first-order chi connectivity index (χ1) is 6.75. The molecule has 2 heterocycles. The average molecular weight is 193 g/mol. The van der Waals surface area contributed by atoms with Gasteiger partial charge in [0.15, 0.2) is 0 Å². The molecule has 0 bridgehead atoms. The molecule has 2 N–H and O–H groups in total. The zero-order chi connectivity index (χ0) is 9.97. The van der Waals surface area contributed by atoms with Crippen molar-refractivity contribution < 1.29 is 0 Å². The Morgan fingerprint density at radius 1 is 1.57 bits per heavy atom. The van der Waals surface area contributed by atoms with Gasteiger partial charge in [0.1, 0.15) is 5.82 Å². The highest BCUT2D eigenvalue weighted by atomic mass is 15.0. The fraction of sp³-hybridized carbons (Fsp3) is 0.727. The third-order valence-electron chi connectivity index (χ3n) is 2.87. The fourth-order valence-electron chi connectivity index (χ4n) is 1.94. The molecule has 0 saturated carbocycles. The summed E-state index contributed by atoms with van der Waals surface area (Å²) in [5.74, 6) is 1.68. The largest absolute Gasteiger partial charge is 0.346 e. The van der Waals surface area contributed by atoms with E-state index in [1.807, 2.05) is 6.20 Å². The maximum absolute atomic E-state index is 4.41. The van der Waals surface area contributed by atoms with E-state index < -0.39 is 0 Å². The number of nitrogens with one attached hydrogen (secondary N) is 2. The second kappa shape index (κ2) is 4.13. The molecule has 1 saturated heterocycles. The smallest absolute Gasteiger partial charge is 0.107 e. The summed E-state index contributed by atoms with van der Waals surface area (Å²) in [6.45, 7) is 5.54. The summed E-state index contributed by atoms with van der Waals surface area (Å²) < 4.78 is 0. The molecule has 0 amide bonds. The second-order valence-corrected chi connectivity index (χ2v) is 4.44. The van der Waals surface area contributed by atoms with Gasteiger partial charge in [0.25, 0.3) is 0 Å². The third-order valence-corrected chi connectivity index (χ3v) is 2.87. The molecule has 1 aromatic heterocycles. The van der Waals surface area contributed by atoms with E-state index in [0.29, 0.717) is 12.0 Å². The van der Waals surface area contributed by atoms with E-state index in [1.165, 1.54) is 25.1 Å². The van der Waals surface area contributed by atoms with Crippen molar-refractivity contribution in [2.45, 2.75) is 45.1 Å². The predicted molar refractivity (Wildman–Crippen MR) is 57.4 cm³/mol. The van der Waals surface area contributed by atoms with Crippen LogP contribution in [0.1, 0.15) is 44.1 Å². The molecule has 0 aromatic carbocycles. The number of imidazole rings is 1. The first-order valence-electron chi connectivity index (χ1n) is 5.53. The molecule has 1 aliphatic rings. The zero-order valence-corrected chi connectivity index (χ0v) is 9.01. The van der Waals surface area contributed by atoms with Crippen molar-refractivity contribution in [2.24, 2.45) is 0 Å². The van der Waals surface area contributed by atoms with E-state index in [0.717, 1.165) is 12.2 Å². The Hall–Kier alpha value is -0.830. The highest BCUT2D eigenvalue weighted by Gasteiger charge is 2.16. The molecule has 3 nitrogen and oxygen atoms in total. The second-order valence-electron chi connectivity index (χ2n) is 4.44. The van der Waals surface area contributed by atoms with Crippen LogP contribution >= 0.6 is 0 Å². The van der Waals surface area contributed by atoms with Gasteiger partial charge in [-0.1, -0.05) is 13.8 Å². The van der Waals surface area contributed by atoms with E-state index >= 15 is 0 Å². The number of hydrogen-bond acceptors (Lipinski definition) is 2. The summed E-state index contributed by atoms with van der Waals surface area (Å²) in [6.07, 6.45) is 5.61. The number of H-pyrrole nitrogens is 1. The lowest BCUT2D eigenvalue weighted by Crippen LogP contribution is -2.24. The van der Waals surface area contributed by atoms with Crippen molar-refractivity contribution in [3.05, 3.63) is 17.7 Å². The fourth-order valence-corrected chi connectivity index (χ4v) is 1.94. The Kier molecular flexibility index (Phi) is 2.87.